The average molecular weight is 154 g/mol. The fourth-order valence-electron chi connectivity index (χ4n) is 1.23. The first kappa shape index (κ1) is 7.93. The molecule has 1 aliphatic carbocycles. The maximum absolute atomic E-state index is 4.23. The summed E-state index contributed by atoms with van der Waals surface area (Å²) >= 11 is 4.23. The predicted molar refractivity (Wildman–Crippen MR) is 49.5 cm³/mol. The van der Waals surface area contributed by atoms with Crippen LogP contribution in [0.25, 0.3) is 0 Å². The van der Waals surface area contributed by atoms with E-state index in [0.29, 0.717) is 0 Å². The van der Waals surface area contributed by atoms with Crippen LogP contribution in [-0.4, -0.2) is 5.75 Å². The van der Waals surface area contributed by atoms with E-state index >= 15 is 0 Å². The summed E-state index contributed by atoms with van der Waals surface area (Å²) in [6.45, 7) is 2.22. The van der Waals surface area contributed by atoms with Crippen molar-refractivity contribution in [2.24, 2.45) is 0 Å². The maximum Gasteiger partial charge on any atom is 0.0151 e. The van der Waals surface area contributed by atoms with E-state index in [0.717, 1.165) is 5.75 Å². The molecular weight excluding hydrogens is 140 g/mol. The molecule has 0 unspecified atom stereocenters. The van der Waals surface area contributed by atoms with Crippen molar-refractivity contribution in [1.82, 2.24) is 0 Å². The highest BCUT2D eigenvalue weighted by Crippen LogP contribution is 2.19. The summed E-state index contributed by atoms with van der Waals surface area (Å²) in [4.78, 5) is 0. The monoisotopic (exact) mass is 154 g/mol. The van der Waals surface area contributed by atoms with Gasteiger partial charge < -0.3 is 0 Å². The minimum absolute atomic E-state index is 0.892. The van der Waals surface area contributed by atoms with Gasteiger partial charge in [0.25, 0.3) is 0 Å². The maximum atomic E-state index is 4.23. The molecule has 56 valence electrons. The molecule has 0 aromatic carbocycles. The Morgan fingerprint density at radius 2 is 2.40 bits per heavy atom. The highest BCUT2D eigenvalue weighted by atomic mass is 32.1. The van der Waals surface area contributed by atoms with Gasteiger partial charge in [0.1, 0.15) is 0 Å². The fourth-order valence-corrected chi connectivity index (χ4v) is 1.45. The van der Waals surface area contributed by atoms with Crippen LogP contribution in [0.15, 0.2) is 23.3 Å². The van der Waals surface area contributed by atoms with Crippen LogP contribution in [0.2, 0.25) is 0 Å². The third-order valence-electron chi connectivity index (χ3n) is 1.90. The van der Waals surface area contributed by atoms with Crippen molar-refractivity contribution in [1.29, 1.82) is 0 Å². The zero-order valence-corrected chi connectivity index (χ0v) is 7.32. The van der Waals surface area contributed by atoms with E-state index in [-0.39, 0.29) is 0 Å². The molecule has 0 bridgehead atoms. The summed E-state index contributed by atoms with van der Waals surface area (Å²) < 4.78 is 0. The second-order valence-corrected chi connectivity index (χ2v) is 2.95. The largest absolute Gasteiger partial charge is 0.175 e. The standard InChI is InChI=1S/C9H14S/c1-2-8-4-3-5-9(6-8)7-10/h5-6,10H,2-4,7H2,1H3. The Balaban J connectivity index is 2.61. The van der Waals surface area contributed by atoms with E-state index in [1.54, 1.807) is 5.57 Å². The topological polar surface area (TPSA) is 0 Å². The van der Waals surface area contributed by atoms with Gasteiger partial charge >= 0.3 is 0 Å². The van der Waals surface area contributed by atoms with Crippen LogP contribution in [0.1, 0.15) is 26.2 Å². The van der Waals surface area contributed by atoms with Crippen molar-refractivity contribution >= 4 is 12.6 Å². The molecule has 0 aliphatic heterocycles. The molecule has 0 atom stereocenters. The zero-order chi connectivity index (χ0) is 7.40. The van der Waals surface area contributed by atoms with Crippen molar-refractivity contribution in [2.75, 3.05) is 5.75 Å². The minimum atomic E-state index is 0.892. The van der Waals surface area contributed by atoms with Gasteiger partial charge in [-0.1, -0.05) is 24.6 Å². The zero-order valence-electron chi connectivity index (χ0n) is 6.43. The number of hydrogen-bond donors (Lipinski definition) is 1. The van der Waals surface area contributed by atoms with E-state index < -0.39 is 0 Å². The summed E-state index contributed by atoms with van der Waals surface area (Å²) in [5.74, 6) is 0.892. The van der Waals surface area contributed by atoms with Crippen molar-refractivity contribution < 1.29 is 0 Å². The fraction of sp³-hybridized carbons (Fsp3) is 0.556. The van der Waals surface area contributed by atoms with Gasteiger partial charge in [0.2, 0.25) is 0 Å². The van der Waals surface area contributed by atoms with Crippen LogP contribution in [0.5, 0.6) is 0 Å². The van der Waals surface area contributed by atoms with E-state index in [4.69, 9.17) is 0 Å². The van der Waals surface area contributed by atoms with Gasteiger partial charge in [-0.05, 0) is 24.8 Å². The van der Waals surface area contributed by atoms with Crippen LogP contribution in [0.4, 0.5) is 0 Å². The van der Waals surface area contributed by atoms with E-state index in [2.05, 4.69) is 31.7 Å². The molecule has 10 heavy (non-hydrogen) atoms. The molecule has 1 aliphatic rings. The lowest BCUT2D eigenvalue weighted by Gasteiger charge is -2.09. The van der Waals surface area contributed by atoms with E-state index in [1.165, 1.54) is 24.8 Å². The van der Waals surface area contributed by atoms with Crippen molar-refractivity contribution in [3.05, 3.63) is 23.3 Å². The van der Waals surface area contributed by atoms with E-state index in [9.17, 15) is 0 Å². The molecule has 0 heterocycles. The number of thiol groups is 1. The van der Waals surface area contributed by atoms with Gasteiger partial charge in [-0.3, -0.25) is 0 Å². The van der Waals surface area contributed by atoms with Gasteiger partial charge in [-0.2, -0.15) is 12.6 Å². The van der Waals surface area contributed by atoms with E-state index in [1.807, 2.05) is 0 Å². The third-order valence-corrected chi connectivity index (χ3v) is 2.26. The normalized spacial score (nSPS) is 18.2. The van der Waals surface area contributed by atoms with Crippen LogP contribution in [0, 0.1) is 0 Å². The Hall–Kier alpha value is -0.170. The molecule has 0 amide bonds. The molecule has 1 rings (SSSR count). The first-order chi connectivity index (χ1) is 4.86. The Morgan fingerprint density at radius 1 is 1.60 bits per heavy atom. The highest BCUT2D eigenvalue weighted by molar-refractivity contribution is 7.80. The quantitative estimate of drug-likeness (QED) is 0.581. The summed E-state index contributed by atoms with van der Waals surface area (Å²) in [5.41, 5.74) is 2.97. The molecule has 0 saturated heterocycles. The lowest BCUT2D eigenvalue weighted by atomic mass is 9.99. The number of rotatable bonds is 2. The average Bonchev–Trinajstić information content (AvgIpc) is 2.05. The summed E-state index contributed by atoms with van der Waals surface area (Å²) in [6, 6.07) is 0. The first-order valence-electron chi connectivity index (χ1n) is 3.86. The molecule has 0 fully saturated rings. The van der Waals surface area contributed by atoms with Gasteiger partial charge in [-0.25, -0.2) is 0 Å². The Morgan fingerprint density at radius 3 is 3.00 bits per heavy atom. The van der Waals surface area contributed by atoms with Crippen molar-refractivity contribution in [2.45, 2.75) is 26.2 Å². The van der Waals surface area contributed by atoms with Gasteiger partial charge in [0.05, 0.1) is 0 Å². The predicted octanol–water partition coefficient (Wildman–Crippen LogP) is 2.97. The smallest absolute Gasteiger partial charge is 0.0151 e. The lowest BCUT2D eigenvalue weighted by Crippen LogP contribution is -1.92. The third kappa shape index (κ3) is 1.91. The summed E-state index contributed by atoms with van der Waals surface area (Å²) in [5, 5.41) is 0. The SMILES string of the molecule is CCC1=CC(CS)=CCC1. The Bertz CT molecular complexity index is 166. The summed E-state index contributed by atoms with van der Waals surface area (Å²) in [7, 11) is 0. The molecule has 0 spiro atoms. The second kappa shape index (κ2) is 3.87. The highest BCUT2D eigenvalue weighted by Gasteiger charge is 2.01. The van der Waals surface area contributed by atoms with Crippen molar-refractivity contribution in [3.63, 3.8) is 0 Å². The van der Waals surface area contributed by atoms with Crippen molar-refractivity contribution in [3.8, 4) is 0 Å². The molecule has 0 saturated carbocycles. The molecule has 0 nitrogen and oxygen atoms in total. The van der Waals surface area contributed by atoms with Gasteiger partial charge in [-0.15, -0.1) is 0 Å². The number of allylic oxidation sites excluding steroid dienone is 3. The second-order valence-electron chi connectivity index (χ2n) is 2.63. The molecular formula is C9H14S. The Labute approximate surface area is 68.4 Å². The van der Waals surface area contributed by atoms with Crippen LogP contribution < -0.4 is 0 Å². The van der Waals surface area contributed by atoms with Crippen LogP contribution in [0.3, 0.4) is 0 Å². The first-order valence-corrected chi connectivity index (χ1v) is 4.49. The summed E-state index contributed by atoms with van der Waals surface area (Å²) in [6.07, 6.45) is 8.25. The molecule has 0 radical (unpaired) electrons. The molecule has 0 aromatic heterocycles. The molecule has 0 aromatic rings. The van der Waals surface area contributed by atoms with Gasteiger partial charge in [0, 0.05) is 5.75 Å². The van der Waals surface area contributed by atoms with Gasteiger partial charge in [0.15, 0.2) is 0 Å². The van der Waals surface area contributed by atoms with Crippen LogP contribution >= 0.6 is 12.6 Å². The lowest BCUT2D eigenvalue weighted by molar-refractivity contribution is 0.884. The molecule has 1 heteroatoms. The number of hydrogen-bond acceptors (Lipinski definition) is 1. The van der Waals surface area contributed by atoms with Crippen LogP contribution in [-0.2, 0) is 0 Å². The minimum Gasteiger partial charge on any atom is -0.175 e. The molecule has 0 N–H and O–H groups in total. The Kier molecular flexibility index (Phi) is 3.07.